The van der Waals surface area contributed by atoms with Crippen LogP contribution >= 0.6 is 11.3 Å². The van der Waals surface area contributed by atoms with Crippen molar-refractivity contribution < 1.29 is 9.53 Å². The van der Waals surface area contributed by atoms with Crippen molar-refractivity contribution in [2.75, 3.05) is 30.3 Å². The molecule has 1 aromatic carbocycles. The number of aromatic nitrogens is 1. The molecule has 2 aromatic heterocycles. The Labute approximate surface area is 192 Å². The van der Waals surface area contributed by atoms with Gasteiger partial charge in [-0.05, 0) is 51.0 Å². The maximum Gasteiger partial charge on any atom is 0.263 e. The van der Waals surface area contributed by atoms with Crippen molar-refractivity contribution in [3.63, 3.8) is 0 Å². The van der Waals surface area contributed by atoms with Gasteiger partial charge in [0, 0.05) is 48.0 Å². The fourth-order valence-corrected chi connectivity index (χ4v) is 5.61. The summed E-state index contributed by atoms with van der Waals surface area (Å²) in [6.07, 6.45) is 0.733. The van der Waals surface area contributed by atoms with Crippen LogP contribution in [0.4, 0.5) is 11.4 Å². The fourth-order valence-electron chi connectivity index (χ4n) is 4.56. The zero-order chi connectivity index (χ0) is 22.4. The lowest BCUT2D eigenvalue weighted by atomic mass is 10.0. The first-order valence-corrected chi connectivity index (χ1v) is 11.9. The van der Waals surface area contributed by atoms with Crippen molar-refractivity contribution in [3.05, 3.63) is 46.5 Å². The summed E-state index contributed by atoms with van der Waals surface area (Å²) in [6, 6.07) is 11.0. The zero-order valence-corrected chi connectivity index (χ0v) is 19.5. The summed E-state index contributed by atoms with van der Waals surface area (Å²) in [4.78, 5) is 21.2. The first kappa shape index (κ1) is 21.0. The van der Waals surface area contributed by atoms with Gasteiger partial charge in [-0.1, -0.05) is 6.07 Å². The number of pyridine rings is 1. The Kier molecular flexibility index (Phi) is 5.43. The number of ether oxygens (including phenoxy) is 1. The summed E-state index contributed by atoms with van der Waals surface area (Å²) in [5, 5.41) is 7.46. The number of carbonyl (C=O) groups excluding carboxylic acids is 1. The number of hydrogen-bond donors (Lipinski definition) is 3. The van der Waals surface area contributed by atoms with E-state index in [1.165, 1.54) is 17.0 Å². The van der Waals surface area contributed by atoms with E-state index in [-0.39, 0.29) is 11.9 Å². The summed E-state index contributed by atoms with van der Waals surface area (Å²) < 4.78 is 6.07. The molecule has 0 bridgehead atoms. The second kappa shape index (κ2) is 8.26. The summed E-state index contributed by atoms with van der Waals surface area (Å²) in [5.41, 5.74) is 9.96. The van der Waals surface area contributed by atoms with E-state index >= 15 is 0 Å². The first-order chi connectivity index (χ1) is 15.4. The highest BCUT2D eigenvalue weighted by Crippen LogP contribution is 2.34. The molecule has 2 aliphatic rings. The number of aryl methyl sites for hydroxylation is 1. The second-order valence-corrected chi connectivity index (χ2v) is 9.80. The number of anilines is 2. The van der Waals surface area contributed by atoms with Crippen LogP contribution in [-0.2, 0) is 6.42 Å². The number of thiophene rings is 1. The largest absolute Gasteiger partial charge is 0.491 e. The molecule has 0 unspecified atom stereocenters. The standard InChI is InChI=1S/C24H29N5O2S/c1-13-4-7-19-21(25)22(32-24(19)27-13)23(30)28-17-10-16-5-6-18(11-20(16)31-12-17)29-9-8-26-14(2)15(29)3/h4-7,11,14-15,17,26H,8-10,12,25H2,1-3H3,(H,28,30)/t14-,15-,17-/m0/s1. The number of benzene rings is 1. The molecule has 2 aliphatic heterocycles. The number of nitrogen functional groups attached to an aromatic ring is 1. The minimum Gasteiger partial charge on any atom is -0.491 e. The molecule has 8 heteroatoms. The Morgan fingerprint density at radius 1 is 1.31 bits per heavy atom. The molecule has 3 aromatic rings. The first-order valence-electron chi connectivity index (χ1n) is 11.1. The predicted octanol–water partition coefficient (Wildman–Crippen LogP) is 3.11. The minimum atomic E-state index is -0.166. The van der Waals surface area contributed by atoms with E-state index in [2.05, 4.69) is 52.6 Å². The van der Waals surface area contributed by atoms with Gasteiger partial charge in [0.1, 0.15) is 22.1 Å². The van der Waals surface area contributed by atoms with Gasteiger partial charge < -0.3 is 26.0 Å². The van der Waals surface area contributed by atoms with Gasteiger partial charge in [0.2, 0.25) is 0 Å². The highest BCUT2D eigenvalue weighted by Gasteiger charge is 2.28. The van der Waals surface area contributed by atoms with Crippen LogP contribution in [-0.4, -0.2) is 48.7 Å². The Morgan fingerprint density at radius 3 is 3.00 bits per heavy atom. The average Bonchev–Trinajstić information content (AvgIpc) is 3.11. The molecule has 0 aliphatic carbocycles. The molecule has 4 heterocycles. The third-order valence-corrected chi connectivity index (χ3v) is 7.71. The number of amides is 1. The molecule has 7 nitrogen and oxygen atoms in total. The highest BCUT2D eigenvalue weighted by molar-refractivity contribution is 7.21. The number of nitrogens with two attached hydrogens (primary N) is 1. The number of carbonyl (C=O) groups is 1. The van der Waals surface area contributed by atoms with Crippen molar-refractivity contribution >= 4 is 38.8 Å². The number of nitrogens with zero attached hydrogens (tertiary/aromatic N) is 2. The molecule has 0 spiro atoms. The number of piperazine rings is 1. The van der Waals surface area contributed by atoms with E-state index in [4.69, 9.17) is 10.5 Å². The normalized spacial score (nSPS) is 23.0. The van der Waals surface area contributed by atoms with E-state index in [9.17, 15) is 4.79 Å². The maximum absolute atomic E-state index is 13.0. The maximum atomic E-state index is 13.0. The van der Waals surface area contributed by atoms with Gasteiger partial charge in [0.05, 0.1) is 11.7 Å². The van der Waals surface area contributed by atoms with Crippen molar-refractivity contribution in [3.8, 4) is 5.75 Å². The smallest absolute Gasteiger partial charge is 0.263 e. The number of hydrogen-bond acceptors (Lipinski definition) is 7. The molecule has 1 amide bonds. The van der Waals surface area contributed by atoms with E-state index in [0.29, 0.717) is 29.3 Å². The molecule has 168 valence electrons. The lowest BCUT2D eigenvalue weighted by Crippen LogP contribution is -2.55. The monoisotopic (exact) mass is 451 g/mol. The van der Waals surface area contributed by atoms with Crippen LogP contribution in [0.3, 0.4) is 0 Å². The fraction of sp³-hybridized carbons (Fsp3) is 0.417. The Balaban J connectivity index is 1.30. The van der Waals surface area contributed by atoms with Crippen molar-refractivity contribution in [1.82, 2.24) is 15.6 Å². The van der Waals surface area contributed by atoms with E-state index < -0.39 is 0 Å². The quantitative estimate of drug-likeness (QED) is 0.567. The van der Waals surface area contributed by atoms with Crippen LogP contribution in [0.2, 0.25) is 0 Å². The Bertz CT molecular complexity index is 1180. The highest BCUT2D eigenvalue weighted by atomic mass is 32.1. The average molecular weight is 452 g/mol. The van der Waals surface area contributed by atoms with Gasteiger partial charge in [-0.2, -0.15) is 0 Å². The Hall–Kier alpha value is -2.84. The summed E-state index contributed by atoms with van der Waals surface area (Å²) in [6.45, 7) is 8.80. The number of nitrogens with one attached hydrogen (secondary N) is 2. The van der Waals surface area contributed by atoms with Gasteiger partial charge in [0.25, 0.3) is 5.91 Å². The van der Waals surface area contributed by atoms with Crippen molar-refractivity contribution in [2.24, 2.45) is 0 Å². The minimum absolute atomic E-state index is 0.0988. The van der Waals surface area contributed by atoms with Crippen LogP contribution in [0.25, 0.3) is 10.2 Å². The molecule has 1 saturated heterocycles. The lowest BCUT2D eigenvalue weighted by Gasteiger charge is -2.40. The molecule has 3 atom stereocenters. The topological polar surface area (TPSA) is 92.5 Å². The van der Waals surface area contributed by atoms with Crippen LogP contribution in [0.1, 0.15) is 34.8 Å². The van der Waals surface area contributed by atoms with Crippen LogP contribution in [0.5, 0.6) is 5.75 Å². The zero-order valence-electron chi connectivity index (χ0n) is 18.6. The Morgan fingerprint density at radius 2 is 2.16 bits per heavy atom. The third-order valence-electron chi connectivity index (χ3n) is 6.60. The van der Waals surface area contributed by atoms with E-state index in [1.807, 2.05) is 19.1 Å². The van der Waals surface area contributed by atoms with Crippen LogP contribution < -0.4 is 26.0 Å². The number of fused-ring (bicyclic) bond motifs is 2. The SMILES string of the molecule is Cc1ccc2c(N)c(C(=O)N[C@@H]3COc4cc(N5CCN[C@@H](C)[C@@H]5C)ccc4C3)sc2n1. The molecular formula is C24H29N5O2S. The van der Waals surface area contributed by atoms with Crippen LogP contribution in [0.15, 0.2) is 30.3 Å². The third kappa shape index (κ3) is 3.78. The van der Waals surface area contributed by atoms with Gasteiger partial charge in [-0.15, -0.1) is 11.3 Å². The molecule has 32 heavy (non-hydrogen) atoms. The number of rotatable bonds is 3. The van der Waals surface area contributed by atoms with Gasteiger partial charge in [-0.25, -0.2) is 4.98 Å². The molecule has 0 saturated carbocycles. The molecule has 0 radical (unpaired) electrons. The lowest BCUT2D eigenvalue weighted by molar-refractivity contribution is 0.0920. The molecule has 1 fully saturated rings. The molecule has 4 N–H and O–H groups in total. The van der Waals surface area contributed by atoms with E-state index in [1.54, 1.807) is 0 Å². The molecule has 5 rings (SSSR count). The second-order valence-electron chi connectivity index (χ2n) is 8.80. The van der Waals surface area contributed by atoms with E-state index in [0.717, 1.165) is 46.7 Å². The van der Waals surface area contributed by atoms with Crippen molar-refractivity contribution in [1.29, 1.82) is 0 Å². The van der Waals surface area contributed by atoms with Gasteiger partial charge >= 0.3 is 0 Å². The van der Waals surface area contributed by atoms with Gasteiger partial charge in [0.15, 0.2) is 0 Å². The molecular weight excluding hydrogens is 422 g/mol. The summed E-state index contributed by atoms with van der Waals surface area (Å²) in [7, 11) is 0. The van der Waals surface area contributed by atoms with Gasteiger partial charge in [-0.3, -0.25) is 4.79 Å². The summed E-state index contributed by atoms with van der Waals surface area (Å²) >= 11 is 1.34. The van der Waals surface area contributed by atoms with Crippen molar-refractivity contribution in [2.45, 2.75) is 45.3 Å². The summed E-state index contributed by atoms with van der Waals surface area (Å²) in [5.74, 6) is 0.743. The predicted molar refractivity (Wildman–Crippen MR) is 130 cm³/mol. The van der Waals surface area contributed by atoms with Crippen LogP contribution in [0, 0.1) is 6.92 Å².